The summed E-state index contributed by atoms with van der Waals surface area (Å²) < 4.78 is 15.7. The van der Waals surface area contributed by atoms with E-state index < -0.39 is 24.6 Å². The molecule has 5 atom stereocenters. The van der Waals surface area contributed by atoms with Crippen molar-refractivity contribution >= 4 is 17.9 Å². The summed E-state index contributed by atoms with van der Waals surface area (Å²) in [6, 6.07) is 0. The first-order valence-electron chi connectivity index (χ1n) is 7.66. The lowest BCUT2D eigenvalue weighted by atomic mass is 9.67. The van der Waals surface area contributed by atoms with Gasteiger partial charge in [-0.05, 0) is 38.5 Å². The van der Waals surface area contributed by atoms with Gasteiger partial charge in [-0.25, -0.2) is 9.59 Å². The number of carbonyl (C=O) groups is 3. The van der Waals surface area contributed by atoms with Crippen molar-refractivity contribution in [3.63, 3.8) is 0 Å². The molecule has 6 heteroatoms. The van der Waals surface area contributed by atoms with Gasteiger partial charge in [0.15, 0.2) is 6.61 Å². The Kier molecular flexibility index (Phi) is 3.93. The molecular formula is C16H20O6. The van der Waals surface area contributed by atoms with E-state index in [-0.39, 0.29) is 29.5 Å². The number of fused-ring (bicyclic) bond motifs is 1. The fourth-order valence-electron chi connectivity index (χ4n) is 3.87. The third-order valence-corrected chi connectivity index (χ3v) is 4.78. The van der Waals surface area contributed by atoms with E-state index in [0.717, 1.165) is 25.7 Å². The van der Waals surface area contributed by atoms with Crippen molar-refractivity contribution < 1.29 is 28.6 Å². The summed E-state index contributed by atoms with van der Waals surface area (Å²) in [7, 11) is 0. The van der Waals surface area contributed by atoms with Crippen LogP contribution in [0.3, 0.4) is 0 Å². The molecule has 0 amide bonds. The summed E-state index contributed by atoms with van der Waals surface area (Å²) in [6.45, 7) is 4.51. The molecule has 2 heterocycles. The normalized spacial score (nSPS) is 35.5. The zero-order valence-electron chi connectivity index (χ0n) is 12.6. The van der Waals surface area contributed by atoms with Gasteiger partial charge in [-0.3, -0.25) is 4.79 Å². The van der Waals surface area contributed by atoms with Crippen LogP contribution in [0.4, 0.5) is 0 Å². The number of ether oxygens (including phenoxy) is 3. The number of hydrogen-bond acceptors (Lipinski definition) is 6. The molecule has 2 aliphatic carbocycles. The molecule has 22 heavy (non-hydrogen) atoms. The molecule has 4 fully saturated rings. The fourth-order valence-corrected chi connectivity index (χ4v) is 3.87. The Labute approximate surface area is 128 Å². The van der Waals surface area contributed by atoms with Gasteiger partial charge >= 0.3 is 17.9 Å². The van der Waals surface area contributed by atoms with Gasteiger partial charge in [0.1, 0.15) is 12.2 Å². The van der Waals surface area contributed by atoms with Gasteiger partial charge in [0.2, 0.25) is 0 Å². The van der Waals surface area contributed by atoms with Gasteiger partial charge in [0, 0.05) is 11.5 Å². The highest BCUT2D eigenvalue weighted by Crippen LogP contribution is 2.48. The molecule has 2 saturated heterocycles. The summed E-state index contributed by atoms with van der Waals surface area (Å²) >= 11 is 0. The molecule has 0 radical (unpaired) electrons. The number of hydrogen-bond donors (Lipinski definition) is 0. The number of carbonyl (C=O) groups excluding carboxylic acids is 3. The molecule has 0 aromatic heterocycles. The maximum absolute atomic E-state index is 11.9. The summed E-state index contributed by atoms with van der Waals surface area (Å²) in [5, 5.41) is 0. The Hall–Kier alpha value is -1.85. The molecule has 2 saturated carbocycles. The quantitative estimate of drug-likeness (QED) is 0.443. The second-order valence-corrected chi connectivity index (χ2v) is 6.55. The summed E-state index contributed by atoms with van der Waals surface area (Å²) in [4.78, 5) is 35.1. The van der Waals surface area contributed by atoms with Crippen LogP contribution in [0.15, 0.2) is 12.2 Å². The Morgan fingerprint density at radius 2 is 2.05 bits per heavy atom. The lowest BCUT2D eigenvalue weighted by Crippen LogP contribution is -2.45. The lowest BCUT2D eigenvalue weighted by Gasteiger charge is -2.41. The highest BCUT2D eigenvalue weighted by atomic mass is 16.6. The van der Waals surface area contributed by atoms with E-state index in [9.17, 15) is 14.4 Å². The predicted molar refractivity (Wildman–Crippen MR) is 74.5 cm³/mol. The molecule has 2 aliphatic heterocycles. The van der Waals surface area contributed by atoms with E-state index in [4.69, 9.17) is 14.2 Å². The minimum absolute atomic E-state index is 0.0568. The van der Waals surface area contributed by atoms with Gasteiger partial charge in [0.05, 0.1) is 5.92 Å². The first-order chi connectivity index (χ1) is 10.4. The Balaban J connectivity index is 1.60. The predicted octanol–water partition coefficient (Wildman–Crippen LogP) is 1.38. The monoisotopic (exact) mass is 308 g/mol. The van der Waals surface area contributed by atoms with Gasteiger partial charge in [-0.1, -0.05) is 6.58 Å². The zero-order chi connectivity index (χ0) is 15.9. The third kappa shape index (κ3) is 2.87. The van der Waals surface area contributed by atoms with Crippen LogP contribution in [0.5, 0.6) is 0 Å². The molecule has 120 valence electrons. The lowest BCUT2D eigenvalue weighted by molar-refractivity contribution is -0.177. The van der Waals surface area contributed by atoms with E-state index in [0.29, 0.717) is 5.92 Å². The minimum atomic E-state index is -0.620. The molecule has 4 bridgehead atoms. The van der Waals surface area contributed by atoms with Crippen molar-refractivity contribution in [2.45, 2.75) is 44.8 Å². The molecule has 5 unspecified atom stereocenters. The molecule has 0 N–H and O–H groups in total. The standard InChI is InChI=1S/C16H20O6/c1-8(2)15(18)20-7-13(17)22-14-10-3-9-4-11(6-10)16(19)21-12(14)5-9/h9-12,14H,1,3-7H2,2H3. The highest BCUT2D eigenvalue weighted by Gasteiger charge is 2.51. The van der Waals surface area contributed by atoms with Crippen LogP contribution in [-0.4, -0.2) is 36.7 Å². The Bertz CT molecular complexity index is 525. The first kappa shape index (κ1) is 15.1. The molecule has 0 aromatic carbocycles. The number of rotatable bonds is 4. The van der Waals surface area contributed by atoms with Crippen LogP contribution in [-0.2, 0) is 28.6 Å². The van der Waals surface area contributed by atoms with Crippen molar-refractivity contribution in [2.24, 2.45) is 17.8 Å². The molecular weight excluding hydrogens is 288 g/mol. The van der Waals surface area contributed by atoms with Crippen LogP contribution >= 0.6 is 0 Å². The van der Waals surface area contributed by atoms with E-state index >= 15 is 0 Å². The smallest absolute Gasteiger partial charge is 0.344 e. The summed E-state index contributed by atoms with van der Waals surface area (Å²) in [5.74, 6) is -0.803. The zero-order valence-corrected chi connectivity index (χ0v) is 12.6. The van der Waals surface area contributed by atoms with Crippen molar-refractivity contribution in [3.05, 3.63) is 12.2 Å². The third-order valence-electron chi connectivity index (χ3n) is 4.78. The van der Waals surface area contributed by atoms with Crippen LogP contribution in [0.2, 0.25) is 0 Å². The topological polar surface area (TPSA) is 78.9 Å². The second kappa shape index (κ2) is 5.74. The van der Waals surface area contributed by atoms with Crippen LogP contribution < -0.4 is 0 Å². The van der Waals surface area contributed by atoms with Gasteiger partial charge in [-0.15, -0.1) is 0 Å². The Morgan fingerprint density at radius 1 is 1.27 bits per heavy atom. The largest absolute Gasteiger partial charge is 0.458 e. The van der Waals surface area contributed by atoms with Crippen LogP contribution in [0.1, 0.15) is 32.6 Å². The van der Waals surface area contributed by atoms with Crippen LogP contribution in [0, 0.1) is 17.8 Å². The van der Waals surface area contributed by atoms with Crippen LogP contribution in [0.25, 0.3) is 0 Å². The minimum Gasteiger partial charge on any atom is -0.458 e. The highest BCUT2D eigenvalue weighted by molar-refractivity contribution is 5.88. The average molecular weight is 308 g/mol. The fraction of sp³-hybridized carbons (Fsp3) is 0.688. The maximum atomic E-state index is 11.9. The van der Waals surface area contributed by atoms with Crippen molar-refractivity contribution in [2.75, 3.05) is 6.61 Å². The molecule has 0 aromatic rings. The Morgan fingerprint density at radius 3 is 2.77 bits per heavy atom. The van der Waals surface area contributed by atoms with Gasteiger partial charge < -0.3 is 14.2 Å². The summed E-state index contributed by atoms with van der Waals surface area (Å²) in [5.41, 5.74) is 0.230. The van der Waals surface area contributed by atoms with E-state index in [1.165, 1.54) is 6.92 Å². The van der Waals surface area contributed by atoms with Crippen molar-refractivity contribution in [1.29, 1.82) is 0 Å². The maximum Gasteiger partial charge on any atom is 0.344 e. The molecule has 6 nitrogen and oxygen atoms in total. The number of esters is 3. The SMILES string of the molecule is C=C(C)C(=O)OCC(=O)OC1C2CC3CC(C2)C(=O)OC1C3. The van der Waals surface area contributed by atoms with E-state index in [2.05, 4.69) is 6.58 Å². The second-order valence-electron chi connectivity index (χ2n) is 6.55. The first-order valence-corrected chi connectivity index (χ1v) is 7.66. The molecule has 4 rings (SSSR count). The molecule has 0 spiro atoms. The van der Waals surface area contributed by atoms with Crippen molar-refractivity contribution in [1.82, 2.24) is 0 Å². The van der Waals surface area contributed by atoms with Gasteiger partial charge in [0.25, 0.3) is 0 Å². The molecule has 4 aliphatic rings. The van der Waals surface area contributed by atoms with E-state index in [1.807, 2.05) is 0 Å². The summed E-state index contributed by atoms with van der Waals surface area (Å²) in [6.07, 6.45) is 2.55. The average Bonchev–Trinajstić information content (AvgIpc) is 2.62. The van der Waals surface area contributed by atoms with Crippen molar-refractivity contribution in [3.8, 4) is 0 Å². The van der Waals surface area contributed by atoms with E-state index in [1.54, 1.807) is 0 Å². The van der Waals surface area contributed by atoms with Gasteiger partial charge in [-0.2, -0.15) is 0 Å².